The lowest BCUT2D eigenvalue weighted by atomic mass is 10.0. The molecule has 3 nitrogen and oxygen atoms in total. The number of hydrogen-bond donors (Lipinski definition) is 2. The van der Waals surface area contributed by atoms with E-state index in [1.54, 1.807) is 6.07 Å². The normalized spacial score (nSPS) is 13.2. The van der Waals surface area contributed by atoms with Gasteiger partial charge in [0, 0.05) is 23.8 Å². The summed E-state index contributed by atoms with van der Waals surface area (Å²) in [7, 11) is 0. The van der Waals surface area contributed by atoms with Crippen molar-refractivity contribution in [3.63, 3.8) is 0 Å². The molecule has 0 aromatic heterocycles. The maximum absolute atomic E-state index is 13.2. The molecule has 1 aliphatic rings. The number of phenols is 2. The summed E-state index contributed by atoms with van der Waals surface area (Å²) < 4.78 is 18.8. The van der Waals surface area contributed by atoms with E-state index in [0.29, 0.717) is 29.9 Å². The highest BCUT2D eigenvalue weighted by molar-refractivity contribution is 5.53. The first-order chi connectivity index (χ1) is 8.63. The first-order valence-corrected chi connectivity index (χ1v) is 5.64. The molecule has 2 N–H and O–H groups in total. The van der Waals surface area contributed by atoms with Crippen LogP contribution in [0.25, 0.3) is 0 Å². The van der Waals surface area contributed by atoms with Crippen LogP contribution in [0.2, 0.25) is 0 Å². The van der Waals surface area contributed by atoms with Gasteiger partial charge in [-0.15, -0.1) is 0 Å². The van der Waals surface area contributed by atoms with Crippen LogP contribution in [0.4, 0.5) is 4.39 Å². The highest BCUT2D eigenvalue weighted by Gasteiger charge is 2.19. The number of rotatable bonds is 0. The Morgan fingerprint density at radius 3 is 2.67 bits per heavy atom. The number of phenolic OH excluding ortho intramolecular Hbond substituents is 2. The van der Waals surface area contributed by atoms with E-state index in [1.807, 2.05) is 0 Å². The number of benzene rings is 2. The molecular formula is C14H11FO3. The van der Waals surface area contributed by atoms with Crippen LogP contribution in [0.3, 0.4) is 0 Å². The van der Waals surface area contributed by atoms with Crippen molar-refractivity contribution in [3.05, 3.63) is 47.3 Å². The van der Waals surface area contributed by atoms with E-state index in [0.717, 1.165) is 5.56 Å². The summed E-state index contributed by atoms with van der Waals surface area (Å²) in [5.41, 5.74) is 1.51. The van der Waals surface area contributed by atoms with E-state index in [4.69, 9.17) is 4.74 Å². The lowest BCUT2D eigenvalue weighted by Crippen LogP contribution is -1.89. The van der Waals surface area contributed by atoms with Crippen LogP contribution in [0, 0.1) is 5.82 Å². The topological polar surface area (TPSA) is 49.7 Å². The maximum atomic E-state index is 13.2. The second-order valence-electron chi connectivity index (χ2n) is 4.30. The van der Waals surface area contributed by atoms with Gasteiger partial charge < -0.3 is 14.9 Å². The van der Waals surface area contributed by atoms with E-state index in [-0.39, 0.29) is 17.3 Å². The van der Waals surface area contributed by atoms with Gasteiger partial charge in [-0.05, 0) is 24.5 Å². The van der Waals surface area contributed by atoms with Crippen molar-refractivity contribution in [2.24, 2.45) is 0 Å². The smallest absolute Gasteiger partial charge is 0.138 e. The molecule has 2 aromatic rings. The highest BCUT2D eigenvalue weighted by Crippen LogP contribution is 2.40. The molecule has 1 heterocycles. The number of fused-ring (bicyclic) bond motifs is 2. The Labute approximate surface area is 103 Å². The molecule has 4 heteroatoms. The SMILES string of the molecule is Oc1cc(O)c2c(c1)Oc1cc(F)ccc1CC2. The second-order valence-corrected chi connectivity index (χ2v) is 4.30. The molecule has 0 spiro atoms. The monoisotopic (exact) mass is 246 g/mol. The third-order valence-corrected chi connectivity index (χ3v) is 3.06. The fourth-order valence-corrected chi connectivity index (χ4v) is 2.17. The summed E-state index contributed by atoms with van der Waals surface area (Å²) >= 11 is 0. The van der Waals surface area contributed by atoms with Crippen LogP contribution in [-0.2, 0) is 12.8 Å². The first kappa shape index (κ1) is 10.9. The van der Waals surface area contributed by atoms with Gasteiger partial charge in [0.25, 0.3) is 0 Å². The summed E-state index contributed by atoms with van der Waals surface area (Å²) in [5.74, 6) is 0.349. The Bertz CT molecular complexity index is 623. The minimum atomic E-state index is -0.374. The Morgan fingerprint density at radius 2 is 1.83 bits per heavy atom. The molecule has 0 bridgehead atoms. The van der Waals surface area contributed by atoms with E-state index in [1.165, 1.54) is 24.3 Å². The van der Waals surface area contributed by atoms with Gasteiger partial charge in [0.15, 0.2) is 0 Å². The quantitative estimate of drug-likeness (QED) is 0.750. The number of aromatic hydroxyl groups is 2. The average Bonchev–Trinajstić information content (AvgIpc) is 2.47. The lowest BCUT2D eigenvalue weighted by Gasteiger charge is -2.10. The minimum Gasteiger partial charge on any atom is -0.508 e. The second kappa shape index (κ2) is 3.91. The molecular weight excluding hydrogens is 235 g/mol. The predicted octanol–water partition coefficient (Wildman–Crippen LogP) is 3.13. The summed E-state index contributed by atoms with van der Waals surface area (Å²) in [6.07, 6.45) is 1.24. The third-order valence-electron chi connectivity index (χ3n) is 3.06. The van der Waals surface area contributed by atoms with Gasteiger partial charge in [0.2, 0.25) is 0 Å². The molecule has 0 amide bonds. The minimum absolute atomic E-state index is 0.00159. The van der Waals surface area contributed by atoms with Crippen LogP contribution in [0.1, 0.15) is 11.1 Å². The third kappa shape index (κ3) is 1.76. The van der Waals surface area contributed by atoms with Crippen molar-refractivity contribution < 1.29 is 19.3 Å². The average molecular weight is 246 g/mol. The van der Waals surface area contributed by atoms with Crippen molar-refractivity contribution in [1.82, 2.24) is 0 Å². The standard InChI is InChI=1S/C14H11FO3/c15-9-3-1-8-2-4-11-12(17)6-10(16)7-14(11)18-13(8)5-9/h1,3,5-7,16-17H,2,4H2. The summed E-state index contributed by atoms with van der Waals surface area (Å²) in [4.78, 5) is 0. The zero-order valence-electron chi connectivity index (χ0n) is 9.48. The number of hydrogen-bond acceptors (Lipinski definition) is 3. The Morgan fingerprint density at radius 1 is 1.00 bits per heavy atom. The van der Waals surface area contributed by atoms with Gasteiger partial charge in [0.1, 0.15) is 28.8 Å². The fraction of sp³-hybridized carbons (Fsp3) is 0.143. The molecule has 92 valence electrons. The highest BCUT2D eigenvalue weighted by atomic mass is 19.1. The Kier molecular flexibility index (Phi) is 2.37. The Hall–Kier alpha value is -2.23. The van der Waals surface area contributed by atoms with E-state index in [2.05, 4.69) is 0 Å². The van der Waals surface area contributed by atoms with Gasteiger partial charge in [0.05, 0.1) is 0 Å². The molecule has 0 saturated heterocycles. The molecule has 3 rings (SSSR count). The van der Waals surface area contributed by atoms with Gasteiger partial charge in [-0.2, -0.15) is 0 Å². The van der Waals surface area contributed by atoms with E-state index in [9.17, 15) is 14.6 Å². The van der Waals surface area contributed by atoms with Crippen molar-refractivity contribution >= 4 is 0 Å². The van der Waals surface area contributed by atoms with Crippen molar-refractivity contribution in [1.29, 1.82) is 0 Å². The Balaban J connectivity index is 2.13. The van der Waals surface area contributed by atoms with Crippen LogP contribution in [0.5, 0.6) is 23.0 Å². The molecule has 18 heavy (non-hydrogen) atoms. The predicted molar refractivity (Wildman–Crippen MR) is 63.7 cm³/mol. The van der Waals surface area contributed by atoms with Crippen LogP contribution < -0.4 is 4.74 Å². The number of aryl methyl sites for hydroxylation is 1. The molecule has 0 saturated carbocycles. The van der Waals surface area contributed by atoms with E-state index < -0.39 is 0 Å². The largest absolute Gasteiger partial charge is 0.508 e. The molecule has 0 aliphatic carbocycles. The van der Waals surface area contributed by atoms with Crippen LogP contribution >= 0.6 is 0 Å². The van der Waals surface area contributed by atoms with Gasteiger partial charge in [-0.3, -0.25) is 0 Å². The first-order valence-electron chi connectivity index (χ1n) is 5.64. The molecule has 0 radical (unpaired) electrons. The molecule has 0 fully saturated rings. The summed E-state index contributed by atoms with van der Waals surface area (Å²) in [6.45, 7) is 0. The fourth-order valence-electron chi connectivity index (χ4n) is 2.17. The van der Waals surface area contributed by atoms with Crippen LogP contribution in [0.15, 0.2) is 30.3 Å². The number of ether oxygens (including phenoxy) is 1. The van der Waals surface area contributed by atoms with Crippen molar-refractivity contribution in [2.45, 2.75) is 12.8 Å². The molecule has 2 aromatic carbocycles. The maximum Gasteiger partial charge on any atom is 0.138 e. The van der Waals surface area contributed by atoms with Gasteiger partial charge in [-0.25, -0.2) is 4.39 Å². The molecule has 1 aliphatic heterocycles. The van der Waals surface area contributed by atoms with Crippen LogP contribution in [-0.4, -0.2) is 10.2 Å². The number of halogens is 1. The van der Waals surface area contributed by atoms with Gasteiger partial charge >= 0.3 is 0 Å². The zero-order chi connectivity index (χ0) is 12.7. The van der Waals surface area contributed by atoms with Gasteiger partial charge in [-0.1, -0.05) is 6.07 Å². The summed E-state index contributed by atoms with van der Waals surface area (Å²) in [5, 5.41) is 19.2. The zero-order valence-corrected chi connectivity index (χ0v) is 9.48. The van der Waals surface area contributed by atoms with Crippen molar-refractivity contribution in [2.75, 3.05) is 0 Å². The lowest BCUT2D eigenvalue weighted by molar-refractivity contribution is 0.426. The van der Waals surface area contributed by atoms with E-state index >= 15 is 0 Å². The molecule has 0 atom stereocenters. The summed E-state index contributed by atoms with van der Waals surface area (Å²) in [6, 6.07) is 7.07. The van der Waals surface area contributed by atoms with Crippen molar-refractivity contribution in [3.8, 4) is 23.0 Å². The molecule has 0 unspecified atom stereocenters.